The molecule has 2 aromatic heterocycles. The summed E-state index contributed by atoms with van der Waals surface area (Å²) in [6.45, 7) is 5.79. The molecule has 1 aliphatic rings. The SMILES string of the molecule is CCn1cc(C(=O)N2CCO[C@H](C)C2)c(=O)c2cc(Cl)nnc21. The van der Waals surface area contributed by atoms with Crippen LogP contribution in [0, 0.1) is 0 Å². The van der Waals surface area contributed by atoms with Crippen molar-refractivity contribution < 1.29 is 9.53 Å². The third-order valence-corrected chi connectivity index (χ3v) is 4.07. The fourth-order valence-corrected chi connectivity index (χ4v) is 2.87. The average Bonchev–Trinajstić information content (AvgIpc) is 2.55. The van der Waals surface area contributed by atoms with Crippen molar-refractivity contribution in [1.82, 2.24) is 19.7 Å². The highest BCUT2D eigenvalue weighted by Gasteiger charge is 2.25. The monoisotopic (exact) mass is 336 g/mol. The molecule has 0 unspecified atom stereocenters. The molecule has 0 aliphatic carbocycles. The number of pyridine rings is 1. The van der Waals surface area contributed by atoms with Crippen LogP contribution in [-0.2, 0) is 11.3 Å². The number of rotatable bonds is 2. The molecule has 1 aliphatic heterocycles. The van der Waals surface area contributed by atoms with Crippen LogP contribution in [0.15, 0.2) is 17.1 Å². The van der Waals surface area contributed by atoms with Gasteiger partial charge in [-0.15, -0.1) is 10.2 Å². The Morgan fingerprint density at radius 2 is 2.26 bits per heavy atom. The number of fused-ring (bicyclic) bond motifs is 1. The van der Waals surface area contributed by atoms with Crippen LogP contribution in [-0.4, -0.2) is 51.4 Å². The van der Waals surface area contributed by atoms with Crippen LogP contribution >= 0.6 is 11.6 Å². The largest absolute Gasteiger partial charge is 0.375 e. The van der Waals surface area contributed by atoms with Crippen LogP contribution in [0.4, 0.5) is 0 Å². The fraction of sp³-hybridized carbons (Fsp3) is 0.467. The van der Waals surface area contributed by atoms with Crippen LogP contribution in [0.25, 0.3) is 11.0 Å². The van der Waals surface area contributed by atoms with E-state index in [0.29, 0.717) is 37.3 Å². The molecule has 0 saturated carbocycles. The van der Waals surface area contributed by atoms with E-state index < -0.39 is 0 Å². The molecule has 3 rings (SSSR count). The van der Waals surface area contributed by atoms with Gasteiger partial charge in [-0.1, -0.05) is 11.6 Å². The molecule has 1 saturated heterocycles. The highest BCUT2D eigenvalue weighted by atomic mass is 35.5. The van der Waals surface area contributed by atoms with Crippen molar-refractivity contribution in [3.8, 4) is 0 Å². The quantitative estimate of drug-likeness (QED) is 0.826. The number of hydrogen-bond acceptors (Lipinski definition) is 5. The number of carbonyl (C=O) groups is 1. The van der Waals surface area contributed by atoms with Crippen LogP contribution in [0.2, 0.25) is 5.15 Å². The van der Waals surface area contributed by atoms with E-state index in [4.69, 9.17) is 16.3 Å². The molecule has 23 heavy (non-hydrogen) atoms. The van der Waals surface area contributed by atoms with Crippen molar-refractivity contribution in [2.45, 2.75) is 26.5 Å². The molecule has 1 atom stereocenters. The minimum atomic E-state index is -0.370. The predicted molar refractivity (Wildman–Crippen MR) is 85.8 cm³/mol. The molecule has 0 N–H and O–H groups in total. The lowest BCUT2D eigenvalue weighted by Gasteiger charge is -2.31. The average molecular weight is 337 g/mol. The van der Waals surface area contributed by atoms with Crippen molar-refractivity contribution in [2.24, 2.45) is 0 Å². The lowest BCUT2D eigenvalue weighted by molar-refractivity contribution is -0.0124. The van der Waals surface area contributed by atoms with E-state index in [1.807, 2.05) is 13.8 Å². The summed E-state index contributed by atoms with van der Waals surface area (Å²) in [5.74, 6) is -0.290. The first kappa shape index (κ1) is 15.9. The maximum absolute atomic E-state index is 12.8. The Labute approximate surface area is 137 Å². The van der Waals surface area contributed by atoms with Crippen LogP contribution < -0.4 is 5.43 Å². The zero-order valence-electron chi connectivity index (χ0n) is 13.0. The number of ether oxygens (including phenoxy) is 1. The highest BCUT2D eigenvalue weighted by molar-refractivity contribution is 6.29. The zero-order chi connectivity index (χ0) is 16.6. The molecular weight excluding hydrogens is 320 g/mol. The van der Waals surface area contributed by atoms with Gasteiger partial charge in [0, 0.05) is 25.8 Å². The first-order valence-corrected chi connectivity index (χ1v) is 7.86. The second-order valence-corrected chi connectivity index (χ2v) is 5.88. The maximum atomic E-state index is 12.8. The van der Waals surface area contributed by atoms with Gasteiger partial charge in [0.1, 0.15) is 5.56 Å². The molecule has 1 amide bonds. The number of nitrogens with zero attached hydrogens (tertiary/aromatic N) is 4. The Balaban J connectivity index is 2.12. The van der Waals surface area contributed by atoms with Crippen molar-refractivity contribution in [2.75, 3.05) is 19.7 Å². The number of carbonyl (C=O) groups excluding carboxylic acids is 1. The van der Waals surface area contributed by atoms with Gasteiger partial charge in [-0.2, -0.15) is 0 Å². The van der Waals surface area contributed by atoms with Gasteiger partial charge in [-0.05, 0) is 19.9 Å². The molecule has 0 aromatic carbocycles. The Kier molecular flexibility index (Phi) is 4.32. The third kappa shape index (κ3) is 2.94. The van der Waals surface area contributed by atoms with Crippen LogP contribution in [0.3, 0.4) is 0 Å². The molecule has 0 radical (unpaired) electrons. The van der Waals surface area contributed by atoms with E-state index in [1.54, 1.807) is 15.7 Å². The van der Waals surface area contributed by atoms with Gasteiger partial charge >= 0.3 is 0 Å². The molecule has 8 heteroatoms. The predicted octanol–water partition coefficient (Wildman–Crippen LogP) is 1.33. The van der Waals surface area contributed by atoms with Crippen molar-refractivity contribution in [1.29, 1.82) is 0 Å². The highest BCUT2D eigenvalue weighted by Crippen LogP contribution is 2.15. The summed E-state index contributed by atoms with van der Waals surface area (Å²) in [4.78, 5) is 27.1. The lowest BCUT2D eigenvalue weighted by atomic mass is 10.1. The first-order valence-electron chi connectivity index (χ1n) is 7.48. The number of aromatic nitrogens is 3. The van der Waals surface area contributed by atoms with Crippen molar-refractivity contribution >= 4 is 28.5 Å². The van der Waals surface area contributed by atoms with E-state index in [9.17, 15) is 9.59 Å². The van der Waals surface area contributed by atoms with E-state index >= 15 is 0 Å². The standard InChI is InChI=1S/C15H17ClN4O3/c1-3-19-8-11(15(22)20-4-5-23-9(2)7-20)13(21)10-6-12(16)17-18-14(10)19/h6,8-9H,3-5,7H2,1-2H3/t9-/m1/s1. The first-order chi connectivity index (χ1) is 11.0. The van der Waals surface area contributed by atoms with E-state index in [1.165, 1.54) is 6.07 Å². The van der Waals surface area contributed by atoms with Crippen molar-refractivity contribution in [3.05, 3.63) is 33.2 Å². The Morgan fingerprint density at radius 3 is 2.96 bits per heavy atom. The minimum absolute atomic E-state index is 0.0399. The van der Waals surface area contributed by atoms with Gasteiger partial charge < -0.3 is 14.2 Å². The number of morpholine rings is 1. The van der Waals surface area contributed by atoms with Gasteiger partial charge in [-0.25, -0.2) is 0 Å². The molecule has 1 fully saturated rings. The summed E-state index contributed by atoms with van der Waals surface area (Å²) in [6.07, 6.45) is 1.51. The van der Waals surface area contributed by atoms with E-state index in [-0.39, 0.29) is 28.2 Å². The van der Waals surface area contributed by atoms with Gasteiger partial charge in [-0.3, -0.25) is 9.59 Å². The van der Waals surface area contributed by atoms with Crippen LogP contribution in [0.1, 0.15) is 24.2 Å². The minimum Gasteiger partial charge on any atom is -0.375 e. The molecule has 122 valence electrons. The van der Waals surface area contributed by atoms with E-state index in [0.717, 1.165) is 0 Å². The Hall–Kier alpha value is -1.99. The Morgan fingerprint density at radius 1 is 1.48 bits per heavy atom. The van der Waals surface area contributed by atoms with Gasteiger partial charge in [0.2, 0.25) is 5.43 Å². The number of halogens is 1. The lowest BCUT2D eigenvalue weighted by Crippen LogP contribution is -2.45. The fourth-order valence-electron chi connectivity index (χ4n) is 2.73. The second kappa shape index (κ2) is 6.25. The van der Waals surface area contributed by atoms with Gasteiger partial charge in [0.05, 0.1) is 18.1 Å². The summed E-state index contributed by atoms with van der Waals surface area (Å²) < 4.78 is 7.18. The normalized spacial score (nSPS) is 18.4. The topological polar surface area (TPSA) is 77.3 Å². The van der Waals surface area contributed by atoms with Crippen molar-refractivity contribution in [3.63, 3.8) is 0 Å². The van der Waals surface area contributed by atoms with E-state index in [2.05, 4.69) is 10.2 Å². The smallest absolute Gasteiger partial charge is 0.259 e. The second-order valence-electron chi connectivity index (χ2n) is 5.49. The summed E-state index contributed by atoms with van der Waals surface area (Å²) >= 11 is 5.85. The number of aryl methyl sites for hydroxylation is 1. The molecular formula is C15H17ClN4O3. The zero-order valence-corrected chi connectivity index (χ0v) is 13.7. The summed E-state index contributed by atoms with van der Waals surface area (Å²) in [5, 5.41) is 8.18. The molecule has 3 heterocycles. The Bertz CT molecular complexity index is 820. The molecule has 0 bridgehead atoms. The third-order valence-electron chi connectivity index (χ3n) is 3.89. The molecule has 7 nitrogen and oxygen atoms in total. The number of amides is 1. The number of hydrogen-bond donors (Lipinski definition) is 0. The summed E-state index contributed by atoms with van der Waals surface area (Å²) in [6, 6.07) is 1.46. The van der Waals surface area contributed by atoms with Crippen LogP contribution in [0.5, 0.6) is 0 Å². The molecule has 2 aromatic rings. The maximum Gasteiger partial charge on any atom is 0.259 e. The van der Waals surface area contributed by atoms with Gasteiger partial charge in [0.25, 0.3) is 5.91 Å². The summed E-state index contributed by atoms with van der Waals surface area (Å²) in [5.41, 5.74) is 0.178. The summed E-state index contributed by atoms with van der Waals surface area (Å²) in [7, 11) is 0. The molecule has 0 spiro atoms. The van der Waals surface area contributed by atoms with Gasteiger partial charge in [0.15, 0.2) is 10.8 Å².